The number of carbonyl (C=O) groups excluding carboxylic acids is 4. The highest BCUT2D eigenvalue weighted by atomic mass is 32.2. The Labute approximate surface area is 335 Å². The summed E-state index contributed by atoms with van der Waals surface area (Å²) in [6.07, 6.45) is 13.4. The van der Waals surface area contributed by atoms with Crippen LogP contribution in [0.2, 0.25) is 0 Å². The van der Waals surface area contributed by atoms with Gasteiger partial charge in [-0.25, -0.2) is 13.4 Å². The number of Topliss-reactive ketones (excluding diaryl/α,β-unsaturated/α-hetero) is 1. The average Bonchev–Trinajstić information content (AvgIpc) is 4.10. The zero-order valence-electron chi connectivity index (χ0n) is 33.4. The number of hydrogen-bond acceptors (Lipinski definition) is 11. The molecule has 5 aliphatic rings. The van der Waals surface area contributed by atoms with Crippen molar-refractivity contribution in [3.63, 3.8) is 0 Å². The first-order valence-electron chi connectivity index (χ1n) is 20.3. The lowest BCUT2D eigenvalue weighted by Crippen LogP contribution is -2.46. The molecule has 3 aliphatic heterocycles. The lowest BCUT2D eigenvalue weighted by Gasteiger charge is -2.29. The second-order valence-corrected chi connectivity index (χ2v) is 19.2. The van der Waals surface area contributed by atoms with Crippen molar-refractivity contribution in [2.45, 2.75) is 115 Å². The molecule has 1 aromatic carbocycles. The first kappa shape index (κ1) is 40.7. The monoisotopic (exact) mass is 805 g/mol. The van der Waals surface area contributed by atoms with Crippen molar-refractivity contribution >= 4 is 50.6 Å². The normalized spacial score (nSPS) is 29.7. The summed E-state index contributed by atoms with van der Waals surface area (Å²) in [5.74, 6) is -1.49. The number of aromatic nitrogens is 1. The highest BCUT2D eigenvalue weighted by molar-refractivity contribution is 7.90. The number of fused-ring (bicyclic) bond motifs is 4. The second kappa shape index (κ2) is 16.4. The van der Waals surface area contributed by atoms with Crippen LogP contribution >= 0.6 is 0 Å². The lowest BCUT2D eigenvalue weighted by atomic mass is 9.88. The fourth-order valence-corrected chi connectivity index (χ4v) is 9.90. The van der Waals surface area contributed by atoms with E-state index in [1.807, 2.05) is 44.2 Å². The number of esters is 1. The van der Waals surface area contributed by atoms with Crippen molar-refractivity contribution in [1.82, 2.24) is 14.6 Å². The molecule has 7 rings (SSSR count). The Kier molecular flexibility index (Phi) is 11.7. The molecule has 14 heteroatoms. The SMILES string of the molecule is COc1cc2c3cc(c(OC)cc3n1)/C=C/CCC(C)(C)COC(=O)C[C@H]1CCCCC/C=C\[C@@H]3C[C@@]3(C(=O)NS(=O)(=O)C3CC3)CC(=O)[C@@H]3C[C@H](CN3C1=O)O2. The van der Waals surface area contributed by atoms with Gasteiger partial charge < -0.3 is 23.8 Å². The van der Waals surface area contributed by atoms with Crippen molar-refractivity contribution in [3.05, 3.63) is 42.0 Å². The molecule has 5 atom stereocenters. The van der Waals surface area contributed by atoms with Crippen LogP contribution in [0.25, 0.3) is 17.0 Å². The van der Waals surface area contributed by atoms with Gasteiger partial charge in [0.2, 0.25) is 27.7 Å². The summed E-state index contributed by atoms with van der Waals surface area (Å²) < 4.78 is 52.0. The van der Waals surface area contributed by atoms with Gasteiger partial charge in [-0.1, -0.05) is 51.0 Å². The van der Waals surface area contributed by atoms with E-state index in [0.717, 1.165) is 37.7 Å². The molecule has 3 fully saturated rings. The number of ether oxygens (including phenoxy) is 4. The van der Waals surface area contributed by atoms with Crippen molar-refractivity contribution in [2.24, 2.45) is 22.7 Å². The molecule has 0 spiro atoms. The summed E-state index contributed by atoms with van der Waals surface area (Å²) in [5, 5.41) is 0.0894. The van der Waals surface area contributed by atoms with E-state index in [-0.39, 0.29) is 55.4 Å². The summed E-state index contributed by atoms with van der Waals surface area (Å²) in [6, 6.07) is 4.47. The van der Waals surface area contributed by atoms with E-state index in [0.29, 0.717) is 60.4 Å². The third kappa shape index (κ3) is 9.16. The topological polar surface area (TPSA) is 167 Å². The predicted molar refractivity (Wildman–Crippen MR) is 213 cm³/mol. The van der Waals surface area contributed by atoms with Crippen molar-refractivity contribution in [2.75, 3.05) is 27.4 Å². The van der Waals surface area contributed by atoms with Crippen LogP contribution in [-0.2, 0) is 33.9 Å². The fourth-order valence-electron chi connectivity index (χ4n) is 8.52. The Morgan fingerprint density at radius 2 is 1.81 bits per heavy atom. The molecule has 0 radical (unpaired) electrons. The minimum Gasteiger partial charge on any atom is -0.496 e. The van der Waals surface area contributed by atoms with Gasteiger partial charge in [0.25, 0.3) is 0 Å². The molecule has 1 aromatic heterocycles. The Hall–Kier alpha value is -4.46. The Bertz CT molecular complexity index is 2080. The Morgan fingerprint density at radius 1 is 1.00 bits per heavy atom. The summed E-state index contributed by atoms with van der Waals surface area (Å²) in [4.78, 5) is 62.9. The number of sulfonamides is 1. The first-order valence-corrected chi connectivity index (χ1v) is 21.9. The second-order valence-electron chi connectivity index (χ2n) is 17.3. The molecule has 2 saturated carbocycles. The largest absolute Gasteiger partial charge is 0.496 e. The molecule has 5 bridgehead atoms. The third-order valence-corrected chi connectivity index (χ3v) is 14.1. The molecule has 57 heavy (non-hydrogen) atoms. The number of methoxy groups -OCH3 is 2. The standard InChI is InChI=1S/C43H55N3O10S/c1-42(2)17-11-10-12-27-18-32-33(21-36(27)53-3)44-38(54-4)22-37(32)56-30-20-34-35(47)24-43(41(50)45-57(51,52)31-15-16-31)23-29(43)14-9-7-5-6-8-13-28(19-39(48)55-26-42)40(49)46(34)25-30/h9-10,12,14,18,21-22,28-31,34H,5-8,11,13,15-17,19-20,23-26H2,1-4H3,(H,45,50)/b12-10+,14-9-/t28-,29-,30-,34+,43-/m1/s1. The molecule has 4 heterocycles. The van der Waals surface area contributed by atoms with Crippen LogP contribution in [0, 0.1) is 22.7 Å². The van der Waals surface area contributed by atoms with Gasteiger partial charge in [0.15, 0.2) is 5.78 Å². The first-order chi connectivity index (χ1) is 27.2. The molecule has 2 amide bonds. The number of carbonyl (C=O) groups is 4. The molecule has 2 aromatic rings. The maximum atomic E-state index is 14.7. The van der Waals surface area contributed by atoms with Gasteiger partial charge in [-0.05, 0) is 68.8 Å². The van der Waals surface area contributed by atoms with E-state index in [1.54, 1.807) is 13.2 Å². The van der Waals surface area contributed by atoms with Gasteiger partial charge in [0.1, 0.15) is 17.6 Å². The Balaban J connectivity index is 1.27. The summed E-state index contributed by atoms with van der Waals surface area (Å²) in [7, 11) is -0.751. The number of benzene rings is 1. The zero-order valence-corrected chi connectivity index (χ0v) is 34.2. The van der Waals surface area contributed by atoms with Crippen LogP contribution in [0.5, 0.6) is 17.4 Å². The maximum Gasteiger partial charge on any atom is 0.306 e. The Morgan fingerprint density at radius 3 is 2.56 bits per heavy atom. The summed E-state index contributed by atoms with van der Waals surface area (Å²) in [5.41, 5.74) is -0.209. The van der Waals surface area contributed by atoms with Gasteiger partial charge in [-0.2, -0.15) is 0 Å². The maximum absolute atomic E-state index is 14.7. The summed E-state index contributed by atoms with van der Waals surface area (Å²) in [6.45, 7) is 4.32. The molecule has 1 N–H and O–H groups in total. The van der Waals surface area contributed by atoms with E-state index in [4.69, 9.17) is 18.9 Å². The van der Waals surface area contributed by atoms with Crippen LogP contribution < -0.4 is 18.9 Å². The number of cyclic esters (lactones) is 1. The zero-order chi connectivity index (χ0) is 40.5. The molecule has 13 nitrogen and oxygen atoms in total. The highest BCUT2D eigenvalue weighted by Crippen LogP contribution is 2.57. The number of rotatable bonds is 5. The van der Waals surface area contributed by atoms with E-state index in [9.17, 15) is 27.6 Å². The van der Waals surface area contributed by atoms with Crippen LogP contribution in [0.3, 0.4) is 0 Å². The van der Waals surface area contributed by atoms with Crippen molar-refractivity contribution < 1.29 is 46.5 Å². The highest BCUT2D eigenvalue weighted by Gasteiger charge is 2.61. The van der Waals surface area contributed by atoms with Crippen molar-refractivity contribution in [1.29, 1.82) is 0 Å². The van der Waals surface area contributed by atoms with E-state index in [1.165, 1.54) is 12.0 Å². The van der Waals surface area contributed by atoms with Crippen LogP contribution in [0.15, 0.2) is 36.4 Å². The quantitative estimate of drug-likeness (QED) is 0.275. The van der Waals surface area contributed by atoms with Crippen LogP contribution in [0.4, 0.5) is 0 Å². The number of pyridine rings is 1. The average molecular weight is 806 g/mol. The number of hydrogen-bond donors (Lipinski definition) is 1. The lowest BCUT2D eigenvalue weighted by molar-refractivity contribution is -0.152. The van der Waals surface area contributed by atoms with Gasteiger partial charge in [0.05, 0.1) is 56.0 Å². The van der Waals surface area contributed by atoms with Crippen molar-refractivity contribution in [3.8, 4) is 17.4 Å². The molecule has 2 aliphatic carbocycles. The van der Waals surface area contributed by atoms with Crippen LogP contribution in [0.1, 0.15) is 103 Å². The molecule has 1 saturated heterocycles. The van der Waals surface area contributed by atoms with Gasteiger partial charge >= 0.3 is 5.97 Å². The predicted octanol–water partition coefficient (Wildman–Crippen LogP) is 6.08. The fraction of sp³-hybridized carbons (Fsp3) is 0.605. The molecular formula is C43H55N3O10S. The van der Waals surface area contributed by atoms with Gasteiger partial charge in [0, 0.05) is 41.8 Å². The number of amides is 2. The van der Waals surface area contributed by atoms with E-state index < -0.39 is 50.6 Å². The number of nitrogens with zero attached hydrogens (tertiary/aromatic N) is 2. The number of allylic oxidation sites excluding steroid dienone is 3. The minimum absolute atomic E-state index is 0.0570. The minimum atomic E-state index is -3.86. The number of nitrogens with one attached hydrogen (secondary N) is 1. The number of ketones is 1. The summed E-state index contributed by atoms with van der Waals surface area (Å²) >= 11 is 0. The molecule has 0 unspecified atom stereocenters. The van der Waals surface area contributed by atoms with E-state index >= 15 is 0 Å². The van der Waals surface area contributed by atoms with Crippen LogP contribution in [-0.4, -0.2) is 86.6 Å². The van der Waals surface area contributed by atoms with E-state index in [2.05, 4.69) is 15.8 Å². The molecular weight excluding hydrogens is 751 g/mol. The third-order valence-electron chi connectivity index (χ3n) is 12.3. The van der Waals surface area contributed by atoms with Gasteiger partial charge in [-0.15, -0.1) is 0 Å². The smallest absolute Gasteiger partial charge is 0.306 e. The molecule has 308 valence electrons. The van der Waals surface area contributed by atoms with Gasteiger partial charge in [-0.3, -0.25) is 23.9 Å².